The van der Waals surface area contributed by atoms with E-state index in [2.05, 4.69) is 4.98 Å². The molecule has 0 amide bonds. The highest BCUT2D eigenvalue weighted by Gasteiger charge is 2.17. The molecule has 0 fully saturated rings. The summed E-state index contributed by atoms with van der Waals surface area (Å²) in [6, 6.07) is 0. The second kappa shape index (κ2) is 3.66. The first kappa shape index (κ1) is 9.85. The number of nitrogens with zero attached hydrogens (tertiary/aromatic N) is 1. The number of pyridine rings is 1. The van der Waals surface area contributed by atoms with Gasteiger partial charge in [-0.25, -0.2) is 8.78 Å². The highest BCUT2D eigenvalue weighted by molar-refractivity contribution is 5.55. The largest absolute Gasteiger partial charge is 0.398 e. The molecule has 5 heteroatoms. The first-order valence-electron chi connectivity index (χ1n) is 3.80. The van der Waals surface area contributed by atoms with Gasteiger partial charge in [0, 0.05) is 29.7 Å². The van der Waals surface area contributed by atoms with E-state index >= 15 is 0 Å². The first-order chi connectivity index (χ1) is 6.07. The normalized spacial score (nSPS) is 10.8. The summed E-state index contributed by atoms with van der Waals surface area (Å²) in [5.41, 5.74) is 11.4. The van der Waals surface area contributed by atoms with Crippen LogP contribution < -0.4 is 11.5 Å². The lowest BCUT2D eigenvalue weighted by Gasteiger charge is -2.10. The summed E-state index contributed by atoms with van der Waals surface area (Å²) in [5.74, 6) is 0. The zero-order chi connectivity index (χ0) is 10.0. The number of aromatic nitrogens is 1. The highest BCUT2D eigenvalue weighted by Crippen LogP contribution is 2.29. The van der Waals surface area contributed by atoms with Gasteiger partial charge in [-0.2, -0.15) is 0 Å². The van der Waals surface area contributed by atoms with E-state index in [0.29, 0.717) is 5.56 Å². The Morgan fingerprint density at radius 2 is 2.15 bits per heavy atom. The fourth-order valence-corrected chi connectivity index (χ4v) is 1.12. The molecule has 0 aliphatic heterocycles. The molecule has 0 unspecified atom stereocenters. The molecule has 1 aromatic rings. The lowest BCUT2D eigenvalue weighted by molar-refractivity contribution is 0.151. The molecule has 0 atom stereocenters. The maximum absolute atomic E-state index is 12.4. The van der Waals surface area contributed by atoms with E-state index < -0.39 is 6.43 Å². The van der Waals surface area contributed by atoms with Gasteiger partial charge in [0.15, 0.2) is 0 Å². The van der Waals surface area contributed by atoms with Crippen LogP contribution in [-0.2, 0) is 6.54 Å². The van der Waals surface area contributed by atoms with Crippen molar-refractivity contribution < 1.29 is 8.78 Å². The Morgan fingerprint density at radius 3 is 2.62 bits per heavy atom. The number of anilines is 1. The Labute approximate surface area is 74.8 Å². The van der Waals surface area contributed by atoms with Crippen molar-refractivity contribution in [2.75, 3.05) is 5.73 Å². The topological polar surface area (TPSA) is 64.9 Å². The highest BCUT2D eigenvalue weighted by atomic mass is 19.3. The van der Waals surface area contributed by atoms with Crippen LogP contribution in [-0.4, -0.2) is 4.98 Å². The number of nitrogens with two attached hydrogens (primary N) is 2. The van der Waals surface area contributed by atoms with Crippen molar-refractivity contribution in [3.8, 4) is 0 Å². The van der Waals surface area contributed by atoms with Gasteiger partial charge in [-0.1, -0.05) is 0 Å². The Balaban J connectivity index is 3.30. The van der Waals surface area contributed by atoms with Crippen molar-refractivity contribution in [1.82, 2.24) is 4.98 Å². The molecule has 0 saturated heterocycles. The van der Waals surface area contributed by atoms with E-state index in [1.165, 1.54) is 13.1 Å². The van der Waals surface area contributed by atoms with E-state index in [1.54, 1.807) is 0 Å². The number of hydrogen-bond acceptors (Lipinski definition) is 3. The number of hydrogen-bond donors (Lipinski definition) is 2. The van der Waals surface area contributed by atoms with Gasteiger partial charge in [-0.05, 0) is 6.92 Å². The molecule has 4 N–H and O–H groups in total. The van der Waals surface area contributed by atoms with Crippen molar-refractivity contribution >= 4 is 5.69 Å². The van der Waals surface area contributed by atoms with Crippen molar-refractivity contribution in [2.24, 2.45) is 5.73 Å². The Bertz CT molecular complexity index is 313. The number of nitrogen functional groups attached to an aromatic ring is 1. The lowest BCUT2D eigenvalue weighted by atomic mass is 10.1. The van der Waals surface area contributed by atoms with Crippen LogP contribution in [0.3, 0.4) is 0 Å². The molecule has 3 nitrogen and oxygen atoms in total. The summed E-state index contributed by atoms with van der Waals surface area (Å²) >= 11 is 0. The quantitative estimate of drug-likeness (QED) is 0.734. The average molecular weight is 187 g/mol. The Hall–Kier alpha value is -1.23. The van der Waals surface area contributed by atoms with Crippen molar-refractivity contribution in [1.29, 1.82) is 0 Å². The average Bonchev–Trinajstić information content (AvgIpc) is 2.04. The summed E-state index contributed by atoms with van der Waals surface area (Å²) in [6.45, 7) is 1.62. The van der Waals surface area contributed by atoms with Crippen LogP contribution in [0.5, 0.6) is 0 Å². The SMILES string of the molecule is Cc1ncc(CN)c(N)c1C(F)F. The van der Waals surface area contributed by atoms with Gasteiger partial charge in [0.05, 0.1) is 5.56 Å². The molecule has 0 spiro atoms. The zero-order valence-corrected chi connectivity index (χ0v) is 7.22. The van der Waals surface area contributed by atoms with E-state index in [-0.39, 0.29) is 23.5 Å². The van der Waals surface area contributed by atoms with Crippen LogP contribution >= 0.6 is 0 Å². The maximum Gasteiger partial charge on any atom is 0.267 e. The molecule has 0 aliphatic carbocycles. The molecular formula is C8H11F2N3. The number of alkyl halides is 2. The number of aryl methyl sites for hydroxylation is 1. The molecule has 72 valence electrons. The summed E-state index contributed by atoms with van der Waals surface area (Å²) in [5, 5.41) is 0. The van der Waals surface area contributed by atoms with E-state index in [1.807, 2.05) is 0 Å². The molecule has 13 heavy (non-hydrogen) atoms. The van der Waals surface area contributed by atoms with Gasteiger partial charge in [-0.15, -0.1) is 0 Å². The van der Waals surface area contributed by atoms with Gasteiger partial charge < -0.3 is 11.5 Å². The molecule has 1 aromatic heterocycles. The maximum atomic E-state index is 12.4. The van der Waals surface area contributed by atoms with Gasteiger partial charge in [0.1, 0.15) is 0 Å². The predicted octanol–water partition coefficient (Wildman–Crippen LogP) is 1.37. The Kier molecular flexibility index (Phi) is 2.77. The van der Waals surface area contributed by atoms with Crippen LogP contribution in [0, 0.1) is 6.92 Å². The molecule has 0 radical (unpaired) electrons. The molecule has 0 bridgehead atoms. The smallest absolute Gasteiger partial charge is 0.267 e. The van der Waals surface area contributed by atoms with E-state index in [0.717, 1.165) is 0 Å². The fraction of sp³-hybridized carbons (Fsp3) is 0.375. The van der Waals surface area contributed by atoms with Crippen LogP contribution in [0.2, 0.25) is 0 Å². The third kappa shape index (κ3) is 1.75. The molecule has 0 saturated carbocycles. The van der Waals surface area contributed by atoms with Gasteiger partial charge in [-0.3, -0.25) is 4.98 Å². The van der Waals surface area contributed by atoms with Crippen molar-refractivity contribution in [3.05, 3.63) is 23.0 Å². The summed E-state index contributed by atoms with van der Waals surface area (Å²) in [6.07, 6.45) is -1.17. The van der Waals surface area contributed by atoms with Crippen LogP contribution in [0.4, 0.5) is 14.5 Å². The zero-order valence-electron chi connectivity index (χ0n) is 7.22. The molecular weight excluding hydrogens is 176 g/mol. The Morgan fingerprint density at radius 1 is 1.54 bits per heavy atom. The molecule has 0 aromatic carbocycles. The minimum Gasteiger partial charge on any atom is -0.398 e. The van der Waals surface area contributed by atoms with Gasteiger partial charge in [0.2, 0.25) is 0 Å². The summed E-state index contributed by atoms with van der Waals surface area (Å²) < 4.78 is 24.9. The molecule has 1 heterocycles. The minimum absolute atomic E-state index is 0.0602. The monoisotopic (exact) mass is 187 g/mol. The van der Waals surface area contributed by atoms with E-state index in [9.17, 15) is 8.78 Å². The second-order valence-corrected chi connectivity index (χ2v) is 2.70. The predicted molar refractivity (Wildman–Crippen MR) is 46.2 cm³/mol. The van der Waals surface area contributed by atoms with Crippen LogP contribution in [0.1, 0.15) is 23.2 Å². The number of rotatable bonds is 2. The van der Waals surface area contributed by atoms with E-state index in [4.69, 9.17) is 11.5 Å². The van der Waals surface area contributed by atoms with Gasteiger partial charge >= 0.3 is 0 Å². The van der Waals surface area contributed by atoms with Crippen LogP contribution in [0.25, 0.3) is 0 Å². The second-order valence-electron chi connectivity index (χ2n) is 2.70. The standard InChI is InChI=1S/C8H11F2N3/c1-4-6(8(9)10)7(12)5(2-11)3-13-4/h3,8H,2,11H2,1H3,(H2,12,13). The van der Waals surface area contributed by atoms with Gasteiger partial charge in [0.25, 0.3) is 6.43 Å². The van der Waals surface area contributed by atoms with Crippen molar-refractivity contribution in [3.63, 3.8) is 0 Å². The first-order valence-corrected chi connectivity index (χ1v) is 3.80. The lowest BCUT2D eigenvalue weighted by Crippen LogP contribution is -2.08. The summed E-state index contributed by atoms with van der Waals surface area (Å²) in [4.78, 5) is 3.79. The van der Waals surface area contributed by atoms with Crippen LogP contribution in [0.15, 0.2) is 6.20 Å². The van der Waals surface area contributed by atoms with Crippen molar-refractivity contribution in [2.45, 2.75) is 19.9 Å². The number of halogens is 2. The summed E-state index contributed by atoms with van der Waals surface area (Å²) in [7, 11) is 0. The third-order valence-corrected chi connectivity index (χ3v) is 1.88. The molecule has 0 aliphatic rings. The fourth-order valence-electron chi connectivity index (χ4n) is 1.12. The minimum atomic E-state index is -2.60. The third-order valence-electron chi connectivity index (χ3n) is 1.88. The molecule has 1 rings (SSSR count).